The van der Waals surface area contributed by atoms with Crippen LogP contribution in [0.25, 0.3) is 11.1 Å². The first-order chi connectivity index (χ1) is 19.3. The molecule has 0 spiro atoms. The molecule has 13 heteroatoms. The van der Waals surface area contributed by atoms with E-state index in [-0.39, 0.29) is 39.6 Å². The van der Waals surface area contributed by atoms with E-state index in [1.807, 2.05) is 0 Å². The Bertz CT molecular complexity index is 1680. The Morgan fingerprint density at radius 3 is 2.24 bits per heavy atom. The second-order valence-electron chi connectivity index (χ2n) is 9.06. The van der Waals surface area contributed by atoms with E-state index in [9.17, 15) is 33.0 Å². The number of hydrogen-bond donors (Lipinski definition) is 4. The summed E-state index contributed by atoms with van der Waals surface area (Å²) in [6.07, 6.45) is -2.50. The average molecular weight is 563 g/mol. The number of benzene rings is 3. The molecule has 41 heavy (non-hydrogen) atoms. The van der Waals surface area contributed by atoms with Gasteiger partial charge in [0.15, 0.2) is 0 Å². The third-order valence-electron chi connectivity index (χ3n) is 5.87. The fourth-order valence-electron chi connectivity index (χ4n) is 3.95. The number of nitrogens with zero attached hydrogens (tertiary/aromatic N) is 3. The van der Waals surface area contributed by atoms with Crippen molar-refractivity contribution in [1.82, 2.24) is 9.55 Å². The number of carbonyl (C=O) groups is 3. The van der Waals surface area contributed by atoms with Gasteiger partial charge in [0.25, 0.3) is 0 Å². The number of nitrogens with two attached hydrogens (primary N) is 2. The lowest BCUT2D eigenvalue weighted by Crippen LogP contribution is -2.22. The third kappa shape index (κ3) is 6.95. The summed E-state index contributed by atoms with van der Waals surface area (Å²) < 4.78 is 41.8. The predicted octanol–water partition coefficient (Wildman–Crippen LogP) is 4.25. The van der Waals surface area contributed by atoms with E-state index in [1.165, 1.54) is 53.5 Å². The molecule has 3 amide bonds. The number of rotatable bonds is 8. The van der Waals surface area contributed by atoms with Gasteiger partial charge < -0.3 is 32.1 Å². The molecule has 6 N–H and O–H groups in total. The highest BCUT2D eigenvalue weighted by molar-refractivity contribution is 6.18. The minimum atomic E-state index is -4.68. The number of amides is 3. The highest BCUT2D eigenvalue weighted by atomic mass is 19.4. The van der Waals surface area contributed by atoms with Crippen LogP contribution < -0.4 is 22.1 Å². The van der Waals surface area contributed by atoms with Gasteiger partial charge in [-0.2, -0.15) is 13.2 Å². The molecule has 0 aliphatic carbocycles. The molecule has 0 aliphatic rings. The molecule has 0 bridgehead atoms. The molecule has 0 saturated heterocycles. The largest absolute Gasteiger partial charge is 0.803 e. The summed E-state index contributed by atoms with van der Waals surface area (Å²) in [6.45, 7) is 1.68. The topological polar surface area (TPSA) is 167 Å². The highest BCUT2D eigenvalue weighted by Gasteiger charge is 2.31. The van der Waals surface area contributed by atoms with E-state index >= 15 is 0 Å². The maximum Gasteiger partial charge on any atom is 0.416 e. The first-order valence-electron chi connectivity index (χ1n) is 12.0. The van der Waals surface area contributed by atoms with Crippen LogP contribution in [0.4, 0.5) is 30.2 Å². The summed E-state index contributed by atoms with van der Waals surface area (Å²) in [5.74, 6) is -2.27. The third-order valence-corrected chi connectivity index (χ3v) is 5.87. The molecule has 4 rings (SSSR count). The first kappa shape index (κ1) is 28.5. The molecule has 10 nitrogen and oxygen atoms in total. The number of aryl methyl sites for hydroxylation is 1. The zero-order chi connectivity index (χ0) is 29.9. The Balaban J connectivity index is 1.44. The van der Waals surface area contributed by atoms with E-state index in [1.54, 1.807) is 19.1 Å². The zero-order valence-corrected chi connectivity index (χ0v) is 21.5. The molecule has 0 radical (unpaired) electrons. The Hall–Kier alpha value is -5.46. The lowest BCUT2D eigenvalue weighted by Gasteiger charge is -2.18. The van der Waals surface area contributed by atoms with Crippen LogP contribution in [-0.2, 0) is 15.8 Å². The standard InChI is InChI=1S/C28H23F3N7O3/c1-15-13-38(14-35-15)21-9-18(28(29,30)31)8-20(10-21)37-25(40)12-24(39)36-19-5-6-22(23(32)11-19)26(33)16-3-2-4-17(7-16)27(34)41/h2-11,13-14H,12,32H2,1H3,(H2,34,41)(H,36,39)(H,37,40)/q-1. The smallest absolute Gasteiger partial charge is 0.416 e. The molecule has 1 aromatic heterocycles. The van der Waals surface area contributed by atoms with Crippen LogP contribution in [0.15, 0.2) is 73.2 Å². The number of alkyl halides is 3. The fraction of sp³-hybridized carbons (Fsp3) is 0.107. The quantitative estimate of drug-likeness (QED) is 0.143. The van der Waals surface area contributed by atoms with Gasteiger partial charge in [-0.05, 0) is 60.5 Å². The molecule has 3 aromatic carbocycles. The maximum atomic E-state index is 13.5. The molecule has 210 valence electrons. The number of halogens is 3. The van der Waals surface area contributed by atoms with E-state index in [4.69, 9.17) is 11.5 Å². The molecule has 1 heterocycles. The lowest BCUT2D eigenvalue weighted by molar-refractivity contribution is -0.137. The van der Waals surface area contributed by atoms with Crippen LogP contribution in [0, 0.1) is 6.92 Å². The molecular weight excluding hydrogens is 539 g/mol. The van der Waals surface area contributed by atoms with Gasteiger partial charge in [0.2, 0.25) is 17.7 Å². The molecule has 4 aromatic rings. The van der Waals surface area contributed by atoms with E-state index < -0.39 is 35.9 Å². The van der Waals surface area contributed by atoms with Gasteiger partial charge in [-0.1, -0.05) is 18.2 Å². The second kappa shape index (κ2) is 11.3. The van der Waals surface area contributed by atoms with Gasteiger partial charge in [-0.3, -0.25) is 14.4 Å². The summed E-state index contributed by atoms with van der Waals surface area (Å²) in [6, 6.07) is 13.2. The van der Waals surface area contributed by atoms with Gasteiger partial charge in [-0.25, -0.2) is 4.98 Å². The van der Waals surface area contributed by atoms with Gasteiger partial charge in [0, 0.05) is 34.5 Å². The number of imidazole rings is 1. The van der Waals surface area contributed by atoms with Crippen LogP contribution in [0.1, 0.15) is 39.2 Å². The Morgan fingerprint density at radius 1 is 0.951 bits per heavy atom. The van der Waals surface area contributed by atoms with Crippen molar-refractivity contribution in [2.24, 2.45) is 5.73 Å². The van der Waals surface area contributed by atoms with Crippen molar-refractivity contribution in [3.63, 3.8) is 0 Å². The van der Waals surface area contributed by atoms with Gasteiger partial charge in [-0.15, -0.1) is 5.71 Å². The molecule has 0 atom stereocenters. The maximum absolute atomic E-state index is 13.5. The minimum absolute atomic E-state index is 0.0838. The summed E-state index contributed by atoms with van der Waals surface area (Å²) in [5, 5.41) is 15.5. The summed E-state index contributed by atoms with van der Waals surface area (Å²) in [7, 11) is 0. The Kier molecular flexibility index (Phi) is 7.89. The van der Waals surface area contributed by atoms with E-state index in [0.717, 1.165) is 12.1 Å². The van der Waals surface area contributed by atoms with Crippen molar-refractivity contribution < 1.29 is 27.6 Å². The van der Waals surface area contributed by atoms with Gasteiger partial charge in [0.1, 0.15) is 6.42 Å². The monoisotopic (exact) mass is 562 g/mol. The lowest BCUT2D eigenvalue weighted by atomic mass is 9.98. The Morgan fingerprint density at radius 2 is 1.63 bits per heavy atom. The summed E-state index contributed by atoms with van der Waals surface area (Å²) in [5.41, 5.74) is 11.7. The number of primary amides is 1. The zero-order valence-electron chi connectivity index (χ0n) is 21.5. The molecular formula is C28H23F3N7O3-. The van der Waals surface area contributed by atoms with Crippen molar-refractivity contribution >= 4 is 40.5 Å². The number of aromatic nitrogens is 2. The second-order valence-corrected chi connectivity index (χ2v) is 9.06. The molecule has 0 aliphatic heterocycles. The molecule has 0 unspecified atom stereocenters. The van der Waals surface area contributed by atoms with Crippen molar-refractivity contribution in [3.8, 4) is 5.69 Å². The van der Waals surface area contributed by atoms with Crippen LogP contribution >= 0.6 is 0 Å². The van der Waals surface area contributed by atoms with E-state index in [2.05, 4.69) is 15.6 Å². The van der Waals surface area contributed by atoms with Crippen molar-refractivity contribution in [3.05, 3.63) is 107 Å². The SMILES string of the molecule is Cc1cn(-c2cc(NC(=O)CC(=O)Nc3ccc(C(=[N-])c4cccc(C(N)=O)c4)c(N)c3)cc(C(F)(F)F)c2)cn1. The van der Waals surface area contributed by atoms with Crippen LogP contribution in [0.2, 0.25) is 0 Å². The normalized spacial score (nSPS) is 11.1. The summed E-state index contributed by atoms with van der Waals surface area (Å²) >= 11 is 0. The van der Waals surface area contributed by atoms with Crippen molar-refractivity contribution in [1.29, 1.82) is 0 Å². The van der Waals surface area contributed by atoms with Gasteiger partial charge in [0.05, 0.1) is 17.6 Å². The molecule has 0 fully saturated rings. The van der Waals surface area contributed by atoms with E-state index in [0.29, 0.717) is 11.3 Å². The minimum Gasteiger partial charge on any atom is -0.803 e. The fourth-order valence-corrected chi connectivity index (χ4v) is 3.95. The van der Waals surface area contributed by atoms with Gasteiger partial charge >= 0.3 is 6.18 Å². The number of carbonyl (C=O) groups excluding carboxylic acids is 3. The predicted molar refractivity (Wildman–Crippen MR) is 148 cm³/mol. The highest BCUT2D eigenvalue weighted by Crippen LogP contribution is 2.33. The number of nitrogens with one attached hydrogen (secondary N) is 2. The van der Waals surface area contributed by atoms with Crippen LogP contribution in [0.5, 0.6) is 0 Å². The van der Waals surface area contributed by atoms with Crippen LogP contribution in [0.3, 0.4) is 0 Å². The first-order valence-corrected chi connectivity index (χ1v) is 12.0. The van der Waals surface area contributed by atoms with Crippen LogP contribution in [-0.4, -0.2) is 33.0 Å². The summed E-state index contributed by atoms with van der Waals surface area (Å²) in [4.78, 5) is 40.4. The van der Waals surface area contributed by atoms with Crippen molar-refractivity contribution in [2.45, 2.75) is 19.5 Å². The number of nitrogen functional groups attached to an aromatic ring is 1. The van der Waals surface area contributed by atoms with Crippen molar-refractivity contribution in [2.75, 3.05) is 16.4 Å². The Labute approximate surface area is 231 Å². The number of hydrogen-bond acceptors (Lipinski definition) is 5. The number of anilines is 3. The molecule has 0 saturated carbocycles. The average Bonchev–Trinajstić information content (AvgIpc) is 3.34.